The Morgan fingerprint density at radius 2 is 0.859 bits per heavy atom. The van der Waals surface area contributed by atoms with Crippen molar-refractivity contribution in [3.8, 4) is 90.2 Å². The van der Waals surface area contributed by atoms with Crippen molar-refractivity contribution in [2.45, 2.75) is 99.8 Å². The van der Waals surface area contributed by atoms with Crippen molar-refractivity contribution in [1.82, 2.24) is 24.1 Å². The second kappa shape index (κ2) is 22.2. The molecule has 0 saturated carbocycles. The maximum Gasteiger partial charge on any atom is 0.146 e. The van der Waals surface area contributed by atoms with Crippen molar-refractivity contribution < 1.29 is 9.15 Å². The van der Waals surface area contributed by atoms with Gasteiger partial charge in [0.15, 0.2) is 0 Å². The van der Waals surface area contributed by atoms with Gasteiger partial charge in [-0.1, -0.05) is 165 Å². The molecular weight excluding hydrogens is 1040 g/mol. The van der Waals surface area contributed by atoms with Crippen LogP contribution in [0.1, 0.15) is 118 Å². The fraction of sp³-hybridized carbons (Fsp3) is 0.192. The summed E-state index contributed by atoms with van der Waals surface area (Å²) in [5.41, 5.74) is 26.3. The summed E-state index contributed by atoms with van der Waals surface area (Å²) in [6.45, 7) is 24.7. The molecule has 9 aromatic carbocycles. The highest BCUT2D eigenvalue weighted by Crippen LogP contribution is 2.46. The van der Waals surface area contributed by atoms with E-state index in [4.69, 9.17) is 24.1 Å². The summed E-state index contributed by atoms with van der Waals surface area (Å²) >= 11 is 0. The third-order valence-corrected chi connectivity index (χ3v) is 16.7. The first-order chi connectivity index (χ1) is 41.1. The molecule has 4 aromatic heterocycles. The number of aromatic nitrogens is 5. The zero-order valence-electron chi connectivity index (χ0n) is 50.5. The number of benzene rings is 9. The minimum atomic E-state index is 0.165. The second-order valence-electron chi connectivity index (χ2n) is 24.2. The number of imidazole rings is 2. The lowest BCUT2D eigenvalue weighted by Gasteiger charge is -2.25. The summed E-state index contributed by atoms with van der Waals surface area (Å²) < 4.78 is 18.4. The van der Waals surface area contributed by atoms with Gasteiger partial charge < -0.3 is 9.15 Å². The Hall–Kier alpha value is -9.59. The van der Waals surface area contributed by atoms with Crippen molar-refractivity contribution in [2.75, 3.05) is 0 Å². The van der Waals surface area contributed by atoms with Crippen LogP contribution in [-0.2, 0) is 0 Å². The van der Waals surface area contributed by atoms with E-state index in [1.54, 1.807) is 6.26 Å². The Morgan fingerprint density at radius 1 is 0.376 bits per heavy atom. The Balaban J connectivity index is 0.978. The second-order valence-corrected chi connectivity index (χ2v) is 24.2. The molecule has 0 radical (unpaired) electrons. The molecule has 0 unspecified atom stereocenters. The standard InChI is InChI=1S/C78H71N5O2/c1-46(2)65-39-60(54-23-16-13-17-24-54)40-66(47(3)4)75(65)82-71-28-19-18-27-69(71)80-77(82)57-25-20-26-63(38-57)85-73-45-62(44-72-64(73)33-34-84-72)78-81-70-43-58(59-36-51(10)79-52(11)37-59)35-50(9)74(70)83(78)76-67(48(5)6)41-61(42-68(76)49(7)8)56-31-29-55(30-32-56)53-21-14-12-15-22-53/h12-49H,1-11H3. The van der Waals surface area contributed by atoms with E-state index in [9.17, 15) is 0 Å². The number of rotatable bonds is 14. The number of ether oxygens (including phenoxy) is 1. The summed E-state index contributed by atoms with van der Waals surface area (Å²) in [5.74, 6) is 3.78. The third kappa shape index (κ3) is 10.2. The molecule has 0 spiro atoms. The monoisotopic (exact) mass is 1110 g/mol. The SMILES string of the molecule is Cc1cc(-c2cc(C)c3c(c2)nc(-c2cc(Oc4cccc(-c5nc6ccccc6n5-c5c(C(C)C)cc(-c6ccccc6)cc5C(C)C)c4)c4ccoc4c2)n3-c2c(C(C)C)cc(-c3ccc(-c4ccccc4)cc3)cc2C(C)C)cc(C)n1. The summed E-state index contributed by atoms with van der Waals surface area (Å²) in [6, 6.07) is 71.9. The highest BCUT2D eigenvalue weighted by atomic mass is 16.5. The average Bonchev–Trinajstić information content (AvgIpc) is 2.56. The zero-order chi connectivity index (χ0) is 58.8. The highest BCUT2D eigenvalue weighted by molar-refractivity contribution is 5.95. The molecule has 0 atom stereocenters. The van der Waals surface area contributed by atoms with Gasteiger partial charge >= 0.3 is 0 Å². The van der Waals surface area contributed by atoms with Crippen molar-refractivity contribution in [3.63, 3.8) is 0 Å². The number of furan rings is 1. The first-order valence-electron chi connectivity index (χ1n) is 30.0. The van der Waals surface area contributed by atoms with Crippen molar-refractivity contribution >= 4 is 33.0 Å². The molecule has 7 nitrogen and oxygen atoms in total. The van der Waals surface area contributed by atoms with E-state index in [0.29, 0.717) is 17.1 Å². The number of hydrogen-bond acceptors (Lipinski definition) is 5. The van der Waals surface area contributed by atoms with Gasteiger partial charge in [0, 0.05) is 22.5 Å². The molecule has 13 aromatic rings. The first-order valence-corrected chi connectivity index (χ1v) is 30.0. The maximum atomic E-state index is 7.21. The third-order valence-electron chi connectivity index (χ3n) is 16.7. The molecule has 85 heavy (non-hydrogen) atoms. The van der Waals surface area contributed by atoms with Crippen LogP contribution in [0.4, 0.5) is 0 Å². The van der Waals surface area contributed by atoms with Gasteiger partial charge in [0.25, 0.3) is 0 Å². The van der Waals surface area contributed by atoms with Crippen molar-refractivity contribution in [1.29, 1.82) is 0 Å². The summed E-state index contributed by atoms with van der Waals surface area (Å²) in [5, 5.41) is 0.862. The number of fused-ring (bicyclic) bond motifs is 3. The van der Waals surface area contributed by atoms with Crippen LogP contribution in [0, 0.1) is 20.8 Å². The predicted molar refractivity (Wildman–Crippen MR) is 353 cm³/mol. The lowest BCUT2D eigenvalue weighted by atomic mass is 9.87. The summed E-state index contributed by atoms with van der Waals surface area (Å²) in [4.78, 5) is 15.9. The van der Waals surface area contributed by atoms with Crippen LogP contribution in [0.15, 0.2) is 211 Å². The molecule has 7 heteroatoms. The molecule has 0 aliphatic carbocycles. The Kier molecular flexibility index (Phi) is 14.3. The first kappa shape index (κ1) is 54.6. The van der Waals surface area contributed by atoms with Gasteiger partial charge in [0.1, 0.15) is 28.7 Å². The maximum absolute atomic E-state index is 7.21. The Labute approximate surface area is 499 Å². The normalized spacial score (nSPS) is 11.9. The Morgan fingerprint density at radius 3 is 1.46 bits per heavy atom. The van der Waals surface area contributed by atoms with Crippen molar-refractivity contribution in [3.05, 3.63) is 246 Å². The van der Waals surface area contributed by atoms with Crippen LogP contribution >= 0.6 is 0 Å². The molecule has 0 amide bonds. The van der Waals surface area contributed by atoms with Crippen LogP contribution in [0.3, 0.4) is 0 Å². The van der Waals surface area contributed by atoms with Crippen LogP contribution < -0.4 is 4.74 Å². The predicted octanol–water partition coefficient (Wildman–Crippen LogP) is 21.7. The highest BCUT2D eigenvalue weighted by Gasteiger charge is 2.28. The average molecular weight is 1110 g/mol. The van der Waals surface area contributed by atoms with Gasteiger partial charge in [-0.25, -0.2) is 9.97 Å². The lowest BCUT2D eigenvalue weighted by Crippen LogP contribution is -2.10. The molecular formula is C78H71N5O2. The molecule has 0 N–H and O–H groups in total. The van der Waals surface area contributed by atoms with E-state index in [1.165, 1.54) is 61.3 Å². The topological polar surface area (TPSA) is 70.9 Å². The lowest BCUT2D eigenvalue weighted by molar-refractivity contribution is 0.488. The van der Waals surface area contributed by atoms with Crippen LogP contribution in [0.5, 0.6) is 11.5 Å². The largest absolute Gasteiger partial charge is 0.464 e. The van der Waals surface area contributed by atoms with Gasteiger partial charge in [-0.15, -0.1) is 0 Å². The molecule has 0 fully saturated rings. The van der Waals surface area contributed by atoms with E-state index < -0.39 is 0 Å². The minimum absolute atomic E-state index is 0.165. The quantitative estimate of drug-likeness (QED) is 0.108. The molecule has 420 valence electrons. The van der Waals surface area contributed by atoms with E-state index in [1.807, 2.05) is 12.1 Å². The van der Waals surface area contributed by atoms with E-state index in [-0.39, 0.29) is 23.7 Å². The smallest absolute Gasteiger partial charge is 0.146 e. The number of pyridine rings is 1. The number of para-hydroxylation sites is 2. The molecule has 0 bridgehead atoms. The van der Waals surface area contributed by atoms with Gasteiger partial charge in [-0.2, -0.15) is 0 Å². The van der Waals surface area contributed by atoms with Crippen molar-refractivity contribution in [2.24, 2.45) is 0 Å². The van der Waals surface area contributed by atoms with Crippen LogP contribution in [0.2, 0.25) is 0 Å². The summed E-state index contributed by atoms with van der Waals surface area (Å²) in [6.07, 6.45) is 1.75. The van der Waals surface area contributed by atoms with Crippen LogP contribution in [-0.4, -0.2) is 24.1 Å². The fourth-order valence-corrected chi connectivity index (χ4v) is 12.6. The van der Waals surface area contributed by atoms with Crippen LogP contribution in [0.25, 0.3) is 112 Å². The molecule has 0 aliphatic rings. The minimum Gasteiger partial charge on any atom is -0.464 e. The number of aryl methyl sites for hydroxylation is 3. The fourth-order valence-electron chi connectivity index (χ4n) is 12.6. The number of hydrogen-bond donors (Lipinski definition) is 0. The summed E-state index contributed by atoms with van der Waals surface area (Å²) in [7, 11) is 0. The molecule has 0 saturated heterocycles. The van der Waals surface area contributed by atoms with E-state index in [2.05, 4.69) is 273 Å². The number of nitrogens with zero attached hydrogens (tertiary/aromatic N) is 5. The molecule has 13 rings (SSSR count). The van der Waals surface area contributed by atoms with E-state index >= 15 is 0 Å². The van der Waals surface area contributed by atoms with E-state index in [0.717, 1.165) is 84.0 Å². The van der Waals surface area contributed by atoms with Gasteiger partial charge in [0.2, 0.25) is 0 Å². The van der Waals surface area contributed by atoms with Gasteiger partial charge in [0.05, 0.1) is 45.1 Å². The van der Waals surface area contributed by atoms with Gasteiger partial charge in [-0.3, -0.25) is 14.1 Å². The molecule has 4 heterocycles. The molecule has 0 aliphatic heterocycles. The van der Waals surface area contributed by atoms with Gasteiger partial charge in [-0.05, 0) is 208 Å². The Bertz CT molecular complexity index is 4570. The zero-order valence-corrected chi connectivity index (χ0v) is 50.5.